The van der Waals surface area contributed by atoms with Crippen LogP contribution in [0.25, 0.3) is 0 Å². The molecule has 2 aromatic carbocycles. The number of aliphatic hydroxyl groups excluding tert-OH is 1. The predicted molar refractivity (Wildman–Crippen MR) is 101 cm³/mol. The van der Waals surface area contributed by atoms with Gasteiger partial charge in [-0.25, -0.2) is 4.39 Å². The minimum atomic E-state index is -0.344. The molecule has 0 bridgehead atoms. The van der Waals surface area contributed by atoms with Crippen molar-refractivity contribution in [2.75, 3.05) is 19.6 Å². The first-order valence-corrected chi connectivity index (χ1v) is 9.09. The zero-order valence-corrected chi connectivity index (χ0v) is 15.9. The van der Waals surface area contributed by atoms with Crippen LogP contribution in [0.15, 0.2) is 46.9 Å². The second-order valence-electron chi connectivity index (χ2n) is 5.86. The van der Waals surface area contributed by atoms with Crippen LogP contribution in [0.1, 0.15) is 18.1 Å². The Bertz CT molecular complexity index is 668. The van der Waals surface area contributed by atoms with Crippen molar-refractivity contribution >= 4 is 15.9 Å². The van der Waals surface area contributed by atoms with Crippen molar-refractivity contribution in [3.05, 3.63) is 63.9 Å². The number of hydrogen-bond donors (Lipinski definition) is 3. The Morgan fingerprint density at radius 2 is 1.88 bits per heavy atom. The monoisotopic (exact) mass is 410 g/mol. The molecule has 136 valence electrons. The SMILES string of the molecule is C[C@H](O)CNCCNCc1cc(Br)ccc1OCc1ccccc1F. The molecule has 0 aliphatic carbocycles. The summed E-state index contributed by atoms with van der Waals surface area (Å²) >= 11 is 3.47. The largest absolute Gasteiger partial charge is 0.488 e. The van der Waals surface area contributed by atoms with Gasteiger partial charge >= 0.3 is 0 Å². The van der Waals surface area contributed by atoms with Crippen LogP contribution in [0.3, 0.4) is 0 Å². The highest BCUT2D eigenvalue weighted by Crippen LogP contribution is 2.24. The zero-order valence-electron chi connectivity index (χ0n) is 14.3. The minimum Gasteiger partial charge on any atom is -0.488 e. The van der Waals surface area contributed by atoms with Crippen LogP contribution in [0.4, 0.5) is 4.39 Å². The molecular formula is C19H24BrFN2O2. The molecule has 0 unspecified atom stereocenters. The number of ether oxygens (including phenoxy) is 1. The summed E-state index contributed by atoms with van der Waals surface area (Å²) in [7, 11) is 0. The van der Waals surface area contributed by atoms with Gasteiger partial charge in [0.1, 0.15) is 18.2 Å². The van der Waals surface area contributed by atoms with Crippen molar-refractivity contribution in [1.29, 1.82) is 0 Å². The Hall–Kier alpha value is -1.47. The van der Waals surface area contributed by atoms with E-state index in [4.69, 9.17) is 4.74 Å². The molecule has 2 rings (SSSR count). The van der Waals surface area contributed by atoms with E-state index >= 15 is 0 Å². The first kappa shape index (κ1) is 19.8. The third kappa shape index (κ3) is 7.12. The molecule has 0 saturated heterocycles. The maximum absolute atomic E-state index is 13.7. The summed E-state index contributed by atoms with van der Waals surface area (Å²) in [5, 5.41) is 15.7. The van der Waals surface area contributed by atoms with Crippen LogP contribution < -0.4 is 15.4 Å². The number of halogens is 2. The van der Waals surface area contributed by atoms with E-state index in [-0.39, 0.29) is 18.5 Å². The molecule has 0 spiro atoms. The topological polar surface area (TPSA) is 53.5 Å². The second kappa shape index (κ2) is 10.5. The summed E-state index contributed by atoms with van der Waals surface area (Å²) in [5.41, 5.74) is 1.54. The number of nitrogens with one attached hydrogen (secondary N) is 2. The molecule has 6 heteroatoms. The number of hydrogen-bond acceptors (Lipinski definition) is 4. The average molecular weight is 411 g/mol. The number of benzene rings is 2. The predicted octanol–water partition coefficient (Wildman–Crippen LogP) is 3.23. The van der Waals surface area contributed by atoms with Crippen LogP contribution >= 0.6 is 15.9 Å². The Morgan fingerprint density at radius 1 is 1.12 bits per heavy atom. The second-order valence-corrected chi connectivity index (χ2v) is 6.78. The van der Waals surface area contributed by atoms with Gasteiger partial charge in [-0.05, 0) is 31.2 Å². The highest BCUT2D eigenvalue weighted by atomic mass is 79.9. The Balaban J connectivity index is 1.87. The van der Waals surface area contributed by atoms with E-state index in [0.717, 1.165) is 28.9 Å². The molecule has 0 heterocycles. The van der Waals surface area contributed by atoms with E-state index in [1.54, 1.807) is 25.1 Å². The van der Waals surface area contributed by atoms with Gasteiger partial charge in [0.25, 0.3) is 0 Å². The van der Waals surface area contributed by atoms with Crippen molar-refractivity contribution in [1.82, 2.24) is 10.6 Å². The standard InChI is InChI=1S/C19H24BrFN2O2/c1-14(24)11-22-8-9-23-12-16-10-17(20)6-7-19(16)25-13-15-4-2-3-5-18(15)21/h2-7,10,14,22-24H,8-9,11-13H2,1H3/t14-/m0/s1. The first-order chi connectivity index (χ1) is 12.1. The smallest absolute Gasteiger partial charge is 0.129 e. The molecule has 0 amide bonds. The van der Waals surface area contributed by atoms with Crippen LogP contribution in [-0.4, -0.2) is 30.8 Å². The Kier molecular flexibility index (Phi) is 8.34. The number of aliphatic hydroxyl groups is 1. The van der Waals surface area contributed by atoms with E-state index in [9.17, 15) is 9.50 Å². The highest BCUT2D eigenvalue weighted by molar-refractivity contribution is 9.10. The van der Waals surface area contributed by atoms with E-state index in [1.807, 2.05) is 18.2 Å². The lowest BCUT2D eigenvalue weighted by atomic mass is 10.2. The summed E-state index contributed by atoms with van der Waals surface area (Å²) in [4.78, 5) is 0. The van der Waals surface area contributed by atoms with Gasteiger partial charge in [-0.15, -0.1) is 0 Å². The van der Waals surface area contributed by atoms with Crippen LogP contribution in [-0.2, 0) is 13.2 Å². The van der Waals surface area contributed by atoms with Crippen molar-refractivity contribution in [3.8, 4) is 5.75 Å². The maximum Gasteiger partial charge on any atom is 0.129 e. The van der Waals surface area contributed by atoms with E-state index in [1.165, 1.54) is 6.07 Å². The van der Waals surface area contributed by atoms with Crippen LogP contribution in [0.2, 0.25) is 0 Å². The van der Waals surface area contributed by atoms with E-state index in [2.05, 4.69) is 26.6 Å². The lowest BCUT2D eigenvalue weighted by molar-refractivity contribution is 0.191. The molecule has 1 atom stereocenters. The fourth-order valence-electron chi connectivity index (χ4n) is 2.31. The van der Waals surface area contributed by atoms with Gasteiger partial charge in [-0.2, -0.15) is 0 Å². The van der Waals surface area contributed by atoms with Gasteiger partial charge in [-0.1, -0.05) is 34.1 Å². The fraction of sp³-hybridized carbons (Fsp3) is 0.368. The molecule has 0 radical (unpaired) electrons. The molecule has 3 N–H and O–H groups in total. The molecular weight excluding hydrogens is 387 g/mol. The van der Waals surface area contributed by atoms with E-state index < -0.39 is 0 Å². The molecule has 0 fully saturated rings. The van der Waals surface area contributed by atoms with Crippen molar-refractivity contribution < 1.29 is 14.2 Å². The molecule has 0 aliphatic heterocycles. The summed E-state index contributed by atoms with van der Waals surface area (Å²) in [6.45, 7) is 4.70. The zero-order chi connectivity index (χ0) is 18.1. The Morgan fingerprint density at radius 3 is 2.64 bits per heavy atom. The Labute approximate surface area is 156 Å². The number of rotatable bonds is 10. The maximum atomic E-state index is 13.7. The quantitative estimate of drug-likeness (QED) is 0.526. The van der Waals surface area contributed by atoms with E-state index in [0.29, 0.717) is 18.7 Å². The molecule has 2 aromatic rings. The minimum absolute atomic E-state index is 0.192. The van der Waals surface area contributed by atoms with Gasteiger partial charge in [0, 0.05) is 41.8 Å². The molecule has 25 heavy (non-hydrogen) atoms. The molecule has 0 aliphatic rings. The van der Waals surface area contributed by atoms with Gasteiger partial charge in [0.15, 0.2) is 0 Å². The van der Waals surface area contributed by atoms with Gasteiger partial charge in [-0.3, -0.25) is 0 Å². The third-order valence-electron chi connectivity index (χ3n) is 3.60. The van der Waals surface area contributed by atoms with Gasteiger partial charge in [0.2, 0.25) is 0 Å². The highest BCUT2D eigenvalue weighted by Gasteiger charge is 2.07. The van der Waals surface area contributed by atoms with Gasteiger partial charge < -0.3 is 20.5 Å². The molecule has 0 aromatic heterocycles. The van der Waals surface area contributed by atoms with Gasteiger partial charge in [0.05, 0.1) is 6.10 Å². The molecule has 0 saturated carbocycles. The van der Waals surface area contributed by atoms with Crippen LogP contribution in [0.5, 0.6) is 5.75 Å². The summed E-state index contributed by atoms with van der Waals surface area (Å²) in [5.74, 6) is 0.472. The summed E-state index contributed by atoms with van der Waals surface area (Å²) in [6, 6.07) is 12.4. The normalized spacial score (nSPS) is 12.2. The van der Waals surface area contributed by atoms with Crippen LogP contribution in [0, 0.1) is 5.82 Å². The lowest BCUT2D eigenvalue weighted by Crippen LogP contribution is -2.31. The van der Waals surface area contributed by atoms with Crippen molar-refractivity contribution in [2.45, 2.75) is 26.2 Å². The fourth-order valence-corrected chi connectivity index (χ4v) is 2.72. The molecule has 4 nitrogen and oxygen atoms in total. The lowest BCUT2D eigenvalue weighted by Gasteiger charge is -2.14. The third-order valence-corrected chi connectivity index (χ3v) is 4.09. The summed E-state index contributed by atoms with van der Waals surface area (Å²) < 4.78 is 20.5. The summed E-state index contributed by atoms with van der Waals surface area (Å²) in [6.07, 6.45) is -0.344. The first-order valence-electron chi connectivity index (χ1n) is 8.30. The average Bonchev–Trinajstić information content (AvgIpc) is 2.58. The van der Waals surface area contributed by atoms with Crippen molar-refractivity contribution in [2.24, 2.45) is 0 Å². The van der Waals surface area contributed by atoms with Crippen molar-refractivity contribution in [3.63, 3.8) is 0 Å².